The summed E-state index contributed by atoms with van der Waals surface area (Å²) >= 11 is 0. The Morgan fingerprint density at radius 3 is 2.56 bits per heavy atom. The van der Waals surface area contributed by atoms with E-state index in [-0.39, 0.29) is 0 Å². The highest BCUT2D eigenvalue weighted by atomic mass is 16.2. The number of para-hydroxylation sites is 1. The summed E-state index contributed by atoms with van der Waals surface area (Å²) < 4.78 is 0. The largest absolute Gasteiger partial charge is 0.361 e. The molecule has 1 aromatic carbocycles. The number of nitrogens with one attached hydrogen (secondary N) is 2. The van der Waals surface area contributed by atoms with E-state index in [2.05, 4.69) is 10.3 Å². The zero-order valence-corrected chi connectivity index (χ0v) is 10.7. The van der Waals surface area contributed by atoms with Crippen molar-refractivity contribution in [3.63, 3.8) is 0 Å². The lowest BCUT2D eigenvalue weighted by molar-refractivity contribution is -0.118. The summed E-state index contributed by atoms with van der Waals surface area (Å²) in [5, 5.41) is 3.59. The van der Waals surface area contributed by atoms with Gasteiger partial charge in [0.05, 0.1) is 11.1 Å². The first-order valence-electron chi connectivity index (χ1n) is 5.81. The quantitative estimate of drug-likeness (QED) is 0.628. The zero-order valence-electron chi connectivity index (χ0n) is 10.7. The van der Waals surface area contributed by atoms with Crippen molar-refractivity contribution in [3.8, 4) is 0 Å². The molecule has 18 heavy (non-hydrogen) atoms. The Morgan fingerprint density at radius 2 is 1.89 bits per heavy atom. The van der Waals surface area contributed by atoms with Crippen molar-refractivity contribution in [2.45, 2.75) is 26.3 Å². The van der Waals surface area contributed by atoms with Crippen molar-refractivity contribution in [3.05, 3.63) is 36.0 Å². The number of rotatable bonds is 2. The fourth-order valence-electron chi connectivity index (χ4n) is 1.79. The third-order valence-electron chi connectivity index (χ3n) is 2.53. The van der Waals surface area contributed by atoms with E-state index in [0.717, 1.165) is 5.39 Å². The minimum absolute atomic E-state index is 0.402. The van der Waals surface area contributed by atoms with Gasteiger partial charge in [-0.15, -0.1) is 0 Å². The Kier molecular flexibility index (Phi) is 2.95. The molecule has 1 heterocycles. The molecule has 94 valence electrons. The van der Waals surface area contributed by atoms with Gasteiger partial charge in [0.15, 0.2) is 0 Å². The first kappa shape index (κ1) is 12.4. The molecule has 1 amide bonds. The zero-order chi connectivity index (χ0) is 13.3. The van der Waals surface area contributed by atoms with Gasteiger partial charge in [-0.2, -0.15) is 0 Å². The molecule has 0 radical (unpaired) electrons. The standard InChI is InChI=1S/C14H16N2O2/c1-14(2,3)16-13(18)12(17)10-6-4-5-9-7-8-15-11(9)10/h4-8,15H,1-3H3,(H,16,18). The Hall–Kier alpha value is -2.10. The average Bonchev–Trinajstić information content (AvgIpc) is 2.73. The Balaban J connectivity index is 2.34. The molecule has 2 rings (SSSR count). The Labute approximate surface area is 105 Å². The van der Waals surface area contributed by atoms with E-state index < -0.39 is 17.2 Å². The van der Waals surface area contributed by atoms with Gasteiger partial charge < -0.3 is 10.3 Å². The van der Waals surface area contributed by atoms with E-state index in [1.54, 1.807) is 18.3 Å². The lowest BCUT2D eigenvalue weighted by Crippen LogP contribution is -2.44. The second-order valence-corrected chi connectivity index (χ2v) is 5.28. The minimum atomic E-state index is -0.579. The van der Waals surface area contributed by atoms with Crippen molar-refractivity contribution in [1.29, 1.82) is 0 Å². The molecule has 1 aromatic heterocycles. The molecule has 2 aromatic rings. The summed E-state index contributed by atoms with van der Waals surface area (Å²) in [5.74, 6) is -1.09. The monoisotopic (exact) mass is 244 g/mol. The average molecular weight is 244 g/mol. The molecule has 0 atom stereocenters. The number of hydrogen-bond acceptors (Lipinski definition) is 2. The number of hydrogen-bond donors (Lipinski definition) is 2. The molecule has 4 heteroatoms. The van der Waals surface area contributed by atoms with E-state index in [0.29, 0.717) is 11.1 Å². The number of ketones is 1. The van der Waals surface area contributed by atoms with Crippen LogP contribution in [0.1, 0.15) is 31.1 Å². The van der Waals surface area contributed by atoms with Gasteiger partial charge in [-0.05, 0) is 32.9 Å². The molecule has 0 bridgehead atoms. The summed E-state index contributed by atoms with van der Waals surface area (Å²) in [6.45, 7) is 5.52. The van der Waals surface area contributed by atoms with Crippen molar-refractivity contribution < 1.29 is 9.59 Å². The minimum Gasteiger partial charge on any atom is -0.361 e. The molecule has 2 N–H and O–H groups in total. The van der Waals surface area contributed by atoms with Crippen LogP contribution in [-0.2, 0) is 4.79 Å². The van der Waals surface area contributed by atoms with Gasteiger partial charge in [0.1, 0.15) is 0 Å². The van der Waals surface area contributed by atoms with E-state index in [1.165, 1.54) is 0 Å². The maximum Gasteiger partial charge on any atom is 0.292 e. The number of benzene rings is 1. The number of aromatic nitrogens is 1. The predicted molar refractivity (Wildman–Crippen MR) is 70.5 cm³/mol. The summed E-state index contributed by atoms with van der Waals surface area (Å²) in [4.78, 5) is 26.9. The van der Waals surface area contributed by atoms with Crippen molar-refractivity contribution in [2.75, 3.05) is 0 Å². The smallest absolute Gasteiger partial charge is 0.292 e. The highest BCUT2D eigenvalue weighted by Gasteiger charge is 2.23. The molecule has 0 unspecified atom stereocenters. The summed E-state index contributed by atoms with van der Waals surface area (Å²) in [6.07, 6.45) is 1.75. The topological polar surface area (TPSA) is 62.0 Å². The molecule has 0 spiro atoms. The van der Waals surface area contributed by atoms with Crippen LogP contribution in [0.5, 0.6) is 0 Å². The van der Waals surface area contributed by atoms with E-state index in [9.17, 15) is 9.59 Å². The molecule has 0 fully saturated rings. The van der Waals surface area contributed by atoms with Crippen LogP contribution in [0.4, 0.5) is 0 Å². The second kappa shape index (κ2) is 4.29. The van der Waals surface area contributed by atoms with E-state index in [1.807, 2.05) is 32.9 Å². The number of Topliss-reactive ketones (excluding diaryl/α,β-unsaturated/α-hetero) is 1. The Morgan fingerprint density at radius 1 is 1.17 bits per heavy atom. The Bertz CT molecular complexity index is 606. The van der Waals surface area contributed by atoms with Crippen LogP contribution in [0.2, 0.25) is 0 Å². The lowest BCUT2D eigenvalue weighted by atomic mass is 10.0. The molecule has 0 aliphatic heterocycles. The molecular formula is C14H16N2O2. The summed E-state index contributed by atoms with van der Waals surface area (Å²) in [6, 6.07) is 7.19. The van der Waals surface area contributed by atoms with E-state index >= 15 is 0 Å². The van der Waals surface area contributed by atoms with Crippen LogP contribution in [0.25, 0.3) is 10.9 Å². The summed E-state index contributed by atoms with van der Waals surface area (Å²) in [5.41, 5.74) is 0.682. The lowest BCUT2D eigenvalue weighted by Gasteiger charge is -2.19. The second-order valence-electron chi connectivity index (χ2n) is 5.28. The third kappa shape index (κ3) is 2.42. The molecular weight excluding hydrogens is 228 g/mol. The number of amides is 1. The van der Waals surface area contributed by atoms with Gasteiger partial charge in [0, 0.05) is 17.1 Å². The van der Waals surface area contributed by atoms with E-state index in [4.69, 9.17) is 0 Å². The molecule has 0 aliphatic rings. The first-order chi connectivity index (χ1) is 8.38. The van der Waals surface area contributed by atoms with Crippen LogP contribution in [0.3, 0.4) is 0 Å². The van der Waals surface area contributed by atoms with Crippen LogP contribution in [0, 0.1) is 0 Å². The number of carbonyl (C=O) groups is 2. The predicted octanol–water partition coefficient (Wildman–Crippen LogP) is 2.27. The normalized spacial score (nSPS) is 11.5. The van der Waals surface area contributed by atoms with Gasteiger partial charge in [-0.3, -0.25) is 9.59 Å². The van der Waals surface area contributed by atoms with Crippen molar-refractivity contribution >= 4 is 22.6 Å². The van der Waals surface area contributed by atoms with Crippen molar-refractivity contribution in [2.24, 2.45) is 0 Å². The fraction of sp³-hybridized carbons (Fsp3) is 0.286. The first-order valence-corrected chi connectivity index (χ1v) is 5.81. The van der Waals surface area contributed by atoms with Crippen LogP contribution < -0.4 is 5.32 Å². The van der Waals surface area contributed by atoms with Crippen molar-refractivity contribution in [1.82, 2.24) is 10.3 Å². The molecule has 0 saturated heterocycles. The van der Waals surface area contributed by atoms with Gasteiger partial charge in [-0.25, -0.2) is 0 Å². The molecule has 0 aliphatic carbocycles. The number of fused-ring (bicyclic) bond motifs is 1. The number of H-pyrrole nitrogens is 1. The fourth-order valence-corrected chi connectivity index (χ4v) is 1.79. The number of carbonyl (C=O) groups excluding carboxylic acids is 2. The third-order valence-corrected chi connectivity index (χ3v) is 2.53. The van der Waals surface area contributed by atoms with Gasteiger partial charge in [-0.1, -0.05) is 12.1 Å². The SMILES string of the molecule is CC(C)(C)NC(=O)C(=O)c1cccc2cc[nH]c12. The van der Waals surface area contributed by atoms with Crippen LogP contribution >= 0.6 is 0 Å². The van der Waals surface area contributed by atoms with Crippen LogP contribution in [-0.4, -0.2) is 22.2 Å². The maximum atomic E-state index is 12.1. The number of aromatic amines is 1. The maximum absolute atomic E-state index is 12.1. The van der Waals surface area contributed by atoms with Crippen LogP contribution in [0.15, 0.2) is 30.5 Å². The van der Waals surface area contributed by atoms with Gasteiger partial charge in [0.25, 0.3) is 11.7 Å². The highest BCUT2D eigenvalue weighted by Crippen LogP contribution is 2.17. The molecule has 4 nitrogen and oxygen atoms in total. The highest BCUT2D eigenvalue weighted by molar-refractivity contribution is 6.44. The van der Waals surface area contributed by atoms with Gasteiger partial charge in [0.2, 0.25) is 0 Å². The molecule has 0 saturated carbocycles. The van der Waals surface area contributed by atoms with Gasteiger partial charge >= 0.3 is 0 Å². The summed E-state index contributed by atoms with van der Waals surface area (Å²) in [7, 11) is 0.